The fraction of sp³-hybridized carbons (Fsp3) is 0.207. The topological polar surface area (TPSA) is 91.5 Å². The molecule has 7 nitrogen and oxygen atoms in total. The first-order valence-corrected chi connectivity index (χ1v) is 12.1. The summed E-state index contributed by atoms with van der Waals surface area (Å²) in [7, 11) is 0. The molecule has 36 heavy (non-hydrogen) atoms. The van der Waals surface area contributed by atoms with Gasteiger partial charge in [-0.25, -0.2) is 4.79 Å². The molecule has 0 saturated carbocycles. The number of benzene rings is 3. The molecule has 0 bridgehead atoms. The summed E-state index contributed by atoms with van der Waals surface area (Å²) in [6, 6.07) is 29.2. The number of hydrogen-bond acceptors (Lipinski definition) is 4. The molecule has 0 spiro atoms. The Balaban J connectivity index is 1.70. The Hall–Kier alpha value is -4.23. The maximum atomic E-state index is 13.6. The molecule has 0 amide bonds. The third kappa shape index (κ3) is 5.70. The average molecular weight is 484 g/mol. The standard InChI is InChI=1S/C29H30N4O3/c1-2-32-28(35)26(27(30)33(29(32)36)20-24-16-10-5-11-17-24)25(34)21-31(18-22-12-6-3-7-13-22)19-23-14-8-4-9-15-23/h3-17H,2,18-21,30H2,1H3/p+1. The molecule has 1 heterocycles. The van der Waals surface area contributed by atoms with E-state index in [-0.39, 0.29) is 36.8 Å². The fourth-order valence-electron chi connectivity index (χ4n) is 4.45. The van der Waals surface area contributed by atoms with Crippen molar-refractivity contribution in [1.82, 2.24) is 9.13 Å². The Morgan fingerprint density at radius 3 is 1.69 bits per heavy atom. The summed E-state index contributed by atoms with van der Waals surface area (Å²) in [5.41, 5.74) is 8.12. The third-order valence-corrected chi connectivity index (χ3v) is 6.25. The Kier molecular flexibility index (Phi) is 7.92. The van der Waals surface area contributed by atoms with Gasteiger partial charge in [0, 0.05) is 17.7 Å². The summed E-state index contributed by atoms with van der Waals surface area (Å²) in [6.07, 6.45) is 0. The van der Waals surface area contributed by atoms with Crippen molar-refractivity contribution in [3.8, 4) is 0 Å². The zero-order chi connectivity index (χ0) is 25.5. The molecule has 0 saturated heterocycles. The molecule has 0 radical (unpaired) electrons. The predicted molar refractivity (Wildman–Crippen MR) is 141 cm³/mol. The number of quaternary nitrogens is 1. The highest BCUT2D eigenvalue weighted by atomic mass is 16.2. The van der Waals surface area contributed by atoms with Crippen molar-refractivity contribution in [2.24, 2.45) is 0 Å². The molecule has 0 unspecified atom stereocenters. The van der Waals surface area contributed by atoms with E-state index in [0.717, 1.165) is 26.2 Å². The summed E-state index contributed by atoms with van der Waals surface area (Å²) in [5, 5.41) is 0. The molecule has 4 rings (SSSR count). The first kappa shape index (κ1) is 24.9. The van der Waals surface area contributed by atoms with E-state index in [1.807, 2.05) is 91.0 Å². The Morgan fingerprint density at radius 2 is 1.22 bits per heavy atom. The van der Waals surface area contributed by atoms with Crippen LogP contribution in [-0.4, -0.2) is 21.5 Å². The lowest BCUT2D eigenvalue weighted by Gasteiger charge is -2.21. The number of carbonyl (C=O) groups excluding carboxylic acids is 1. The van der Waals surface area contributed by atoms with Gasteiger partial charge in [0.15, 0.2) is 0 Å². The van der Waals surface area contributed by atoms with E-state index >= 15 is 0 Å². The summed E-state index contributed by atoms with van der Waals surface area (Å²) >= 11 is 0. The second-order valence-corrected chi connectivity index (χ2v) is 8.84. The molecule has 0 atom stereocenters. The van der Waals surface area contributed by atoms with Gasteiger partial charge in [-0.1, -0.05) is 91.0 Å². The molecule has 0 aliphatic heterocycles. The largest absolute Gasteiger partial charge is 0.384 e. The molecule has 3 N–H and O–H groups in total. The highest BCUT2D eigenvalue weighted by Gasteiger charge is 2.26. The van der Waals surface area contributed by atoms with Gasteiger partial charge in [0.05, 0.1) is 6.54 Å². The average Bonchev–Trinajstić information content (AvgIpc) is 2.89. The molecule has 184 valence electrons. The van der Waals surface area contributed by atoms with Crippen LogP contribution in [0.2, 0.25) is 0 Å². The van der Waals surface area contributed by atoms with Crippen LogP contribution < -0.4 is 21.9 Å². The van der Waals surface area contributed by atoms with Crippen LogP contribution in [0.3, 0.4) is 0 Å². The zero-order valence-electron chi connectivity index (χ0n) is 20.4. The molecule has 0 fully saturated rings. The maximum absolute atomic E-state index is 13.6. The Bertz CT molecular complexity index is 1390. The summed E-state index contributed by atoms with van der Waals surface area (Å²) in [4.78, 5) is 40.9. The lowest BCUT2D eigenvalue weighted by molar-refractivity contribution is -0.919. The number of nitrogens with one attached hydrogen (secondary N) is 1. The van der Waals surface area contributed by atoms with Crippen molar-refractivity contribution in [3.63, 3.8) is 0 Å². The number of hydrogen-bond donors (Lipinski definition) is 2. The van der Waals surface area contributed by atoms with Gasteiger partial charge in [0.2, 0.25) is 5.78 Å². The number of rotatable bonds is 10. The molecule has 0 aliphatic rings. The quantitative estimate of drug-likeness (QED) is 0.338. The van der Waals surface area contributed by atoms with Crippen molar-refractivity contribution in [1.29, 1.82) is 0 Å². The van der Waals surface area contributed by atoms with Crippen LogP contribution in [0.15, 0.2) is 101 Å². The lowest BCUT2D eigenvalue weighted by Crippen LogP contribution is -3.10. The number of carbonyl (C=O) groups is 1. The fourth-order valence-corrected chi connectivity index (χ4v) is 4.45. The van der Waals surface area contributed by atoms with E-state index in [2.05, 4.69) is 0 Å². The van der Waals surface area contributed by atoms with Crippen LogP contribution >= 0.6 is 0 Å². The van der Waals surface area contributed by atoms with Crippen LogP contribution in [0.4, 0.5) is 5.82 Å². The second kappa shape index (κ2) is 11.5. The van der Waals surface area contributed by atoms with Crippen LogP contribution in [0.5, 0.6) is 0 Å². The van der Waals surface area contributed by atoms with Crippen LogP contribution in [0.25, 0.3) is 0 Å². The Labute approximate surface area is 210 Å². The van der Waals surface area contributed by atoms with Crippen LogP contribution in [0, 0.1) is 0 Å². The minimum absolute atomic E-state index is 0.0660. The third-order valence-electron chi connectivity index (χ3n) is 6.25. The van der Waals surface area contributed by atoms with Crippen LogP contribution in [0.1, 0.15) is 34.0 Å². The number of ketones is 1. The second-order valence-electron chi connectivity index (χ2n) is 8.84. The number of nitrogens with two attached hydrogens (primary N) is 1. The van der Waals surface area contributed by atoms with E-state index in [1.54, 1.807) is 6.92 Å². The van der Waals surface area contributed by atoms with Gasteiger partial charge in [0.1, 0.15) is 31.0 Å². The SMILES string of the molecule is CCn1c(=O)c(C(=O)C[NH+](Cc2ccccc2)Cc2ccccc2)c(N)n(Cc2ccccc2)c1=O. The van der Waals surface area contributed by atoms with Gasteiger partial charge in [-0.15, -0.1) is 0 Å². The molecule has 1 aromatic heterocycles. The van der Waals surface area contributed by atoms with E-state index in [4.69, 9.17) is 5.73 Å². The molecule has 4 aromatic rings. The van der Waals surface area contributed by atoms with Crippen molar-refractivity contribution in [3.05, 3.63) is 134 Å². The van der Waals surface area contributed by atoms with Gasteiger partial charge in [-0.2, -0.15) is 0 Å². The minimum atomic E-state index is -0.631. The number of aromatic nitrogens is 2. The highest BCUT2D eigenvalue weighted by molar-refractivity contribution is 6.00. The molecule has 3 aromatic carbocycles. The number of nitrogens with zero attached hydrogens (tertiary/aromatic N) is 2. The first-order valence-electron chi connectivity index (χ1n) is 12.1. The molecular formula is C29H31N4O3+. The monoisotopic (exact) mass is 483 g/mol. The molecular weight excluding hydrogens is 452 g/mol. The van der Waals surface area contributed by atoms with Gasteiger partial charge in [-0.3, -0.25) is 18.7 Å². The van der Waals surface area contributed by atoms with Crippen LogP contribution in [-0.2, 0) is 26.2 Å². The van der Waals surface area contributed by atoms with E-state index in [0.29, 0.717) is 13.1 Å². The summed E-state index contributed by atoms with van der Waals surface area (Å²) < 4.78 is 2.40. The van der Waals surface area contributed by atoms with Crippen molar-refractivity contribution in [2.75, 3.05) is 12.3 Å². The highest BCUT2D eigenvalue weighted by Crippen LogP contribution is 2.09. The lowest BCUT2D eigenvalue weighted by atomic mass is 10.1. The normalized spacial score (nSPS) is 11.1. The Morgan fingerprint density at radius 1 is 0.750 bits per heavy atom. The zero-order valence-corrected chi connectivity index (χ0v) is 20.4. The number of anilines is 1. The van der Waals surface area contributed by atoms with E-state index in [9.17, 15) is 14.4 Å². The smallest absolute Gasteiger partial charge is 0.332 e. The van der Waals surface area contributed by atoms with Gasteiger partial charge < -0.3 is 10.6 Å². The summed E-state index contributed by atoms with van der Waals surface area (Å²) in [5.74, 6) is -0.453. The predicted octanol–water partition coefficient (Wildman–Crippen LogP) is 2.13. The van der Waals surface area contributed by atoms with Gasteiger partial charge >= 0.3 is 5.69 Å². The summed E-state index contributed by atoms with van der Waals surface area (Å²) in [6.45, 7) is 3.31. The first-order chi connectivity index (χ1) is 17.5. The van der Waals surface area contributed by atoms with Crippen molar-refractivity contribution < 1.29 is 9.69 Å². The number of nitrogen functional groups attached to an aromatic ring is 1. The van der Waals surface area contributed by atoms with Gasteiger partial charge in [-0.05, 0) is 12.5 Å². The molecule has 0 aliphatic carbocycles. The maximum Gasteiger partial charge on any atom is 0.332 e. The van der Waals surface area contributed by atoms with E-state index in [1.165, 1.54) is 4.57 Å². The van der Waals surface area contributed by atoms with E-state index < -0.39 is 11.2 Å². The molecule has 7 heteroatoms. The van der Waals surface area contributed by atoms with Crippen molar-refractivity contribution >= 4 is 11.6 Å². The minimum Gasteiger partial charge on any atom is -0.384 e. The van der Waals surface area contributed by atoms with Gasteiger partial charge in [0.25, 0.3) is 5.56 Å². The number of Topliss-reactive ketones (excluding diaryl/α,β-unsaturated/α-hetero) is 1. The van der Waals surface area contributed by atoms with Crippen molar-refractivity contribution in [2.45, 2.75) is 33.1 Å².